The van der Waals surface area contributed by atoms with Crippen molar-refractivity contribution < 1.29 is 8.42 Å². The van der Waals surface area contributed by atoms with Crippen molar-refractivity contribution in [3.05, 3.63) is 40.5 Å². The first-order valence-corrected chi connectivity index (χ1v) is 9.12. The summed E-state index contributed by atoms with van der Waals surface area (Å²) < 4.78 is 27.7. The van der Waals surface area contributed by atoms with E-state index in [2.05, 4.69) is 6.92 Å². The van der Waals surface area contributed by atoms with E-state index in [4.69, 9.17) is 17.3 Å². The van der Waals surface area contributed by atoms with Crippen molar-refractivity contribution in [1.29, 1.82) is 0 Å². The fraction of sp³-hybridized carbons (Fsp3) is 0.375. The summed E-state index contributed by atoms with van der Waals surface area (Å²) in [5.41, 5.74) is 7.77. The summed E-state index contributed by atoms with van der Waals surface area (Å²) in [6.45, 7) is 6.53. The van der Waals surface area contributed by atoms with Crippen LogP contribution in [0, 0.1) is 13.8 Å². The third kappa shape index (κ3) is 2.88. The molecule has 1 heterocycles. The molecule has 1 aromatic heterocycles. The second-order valence-electron chi connectivity index (χ2n) is 5.39. The van der Waals surface area contributed by atoms with E-state index in [1.54, 1.807) is 19.1 Å². The van der Waals surface area contributed by atoms with Crippen LogP contribution in [0.5, 0.6) is 0 Å². The molecule has 0 bridgehead atoms. The zero-order valence-electron chi connectivity index (χ0n) is 13.1. The minimum absolute atomic E-state index is 0.208. The van der Waals surface area contributed by atoms with E-state index in [0.29, 0.717) is 16.4 Å². The summed E-state index contributed by atoms with van der Waals surface area (Å²) in [5, 5.41) is 0.500. The third-order valence-electron chi connectivity index (χ3n) is 3.94. The van der Waals surface area contributed by atoms with Crippen LogP contribution >= 0.6 is 11.6 Å². The number of hydrogen-bond acceptors (Lipinski definition) is 3. The van der Waals surface area contributed by atoms with Crippen molar-refractivity contribution in [2.24, 2.45) is 0 Å². The Morgan fingerprint density at radius 2 is 1.77 bits per heavy atom. The van der Waals surface area contributed by atoms with E-state index in [1.807, 2.05) is 11.5 Å². The number of nitrogen functional groups attached to an aromatic ring is 1. The maximum absolute atomic E-state index is 12.9. The topological polar surface area (TPSA) is 65.1 Å². The van der Waals surface area contributed by atoms with Crippen molar-refractivity contribution in [1.82, 2.24) is 4.57 Å². The Hall–Kier alpha value is -1.46. The molecule has 0 saturated heterocycles. The average Bonchev–Trinajstić information content (AvgIpc) is 2.68. The first kappa shape index (κ1) is 16.9. The second kappa shape index (κ2) is 6.34. The molecule has 6 heteroatoms. The summed E-state index contributed by atoms with van der Waals surface area (Å²) >= 11 is 5.83. The van der Waals surface area contributed by atoms with Gasteiger partial charge in [0.15, 0.2) is 0 Å². The molecule has 22 heavy (non-hydrogen) atoms. The largest absolute Gasteiger partial charge is 0.384 e. The molecule has 0 amide bonds. The summed E-state index contributed by atoms with van der Waals surface area (Å²) in [6.07, 6.45) is 1.98. The number of benzene rings is 1. The van der Waals surface area contributed by atoms with Gasteiger partial charge < -0.3 is 10.3 Å². The normalized spacial score (nSPS) is 11.8. The van der Waals surface area contributed by atoms with Crippen molar-refractivity contribution in [3.63, 3.8) is 0 Å². The number of hydrogen-bond donors (Lipinski definition) is 1. The highest BCUT2D eigenvalue weighted by Crippen LogP contribution is 2.33. The Morgan fingerprint density at radius 3 is 2.32 bits per heavy atom. The Bertz CT molecular complexity index is 777. The van der Waals surface area contributed by atoms with E-state index in [1.165, 1.54) is 12.1 Å². The summed E-state index contributed by atoms with van der Waals surface area (Å²) in [4.78, 5) is 0.419. The van der Waals surface area contributed by atoms with Crippen molar-refractivity contribution in [3.8, 4) is 0 Å². The molecule has 0 aliphatic carbocycles. The van der Waals surface area contributed by atoms with E-state index in [9.17, 15) is 8.42 Å². The van der Waals surface area contributed by atoms with Crippen LogP contribution in [0.3, 0.4) is 0 Å². The molecule has 0 fully saturated rings. The molecule has 4 nitrogen and oxygen atoms in total. The highest BCUT2D eigenvalue weighted by Gasteiger charge is 2.28. The van der Waals surface area contributed by atoms with Gasteiger partial charge in [-0.3, -0.25) is 0 Å². The molecular weight excluding hydrogens is 320 g/mol. The van der Waals surface area contributed by atoms with Gasteiger partial charge in [0, 0.05) is 17.3 Å². The second-order valence-corrected chi connectivity index (χ2v) is 7.71. The summed E-state index contributed by atoms with van der Waals surface area (Å²) in [6, 6.07) is 6.16. The van der Waals surface area contributed by atoms with Gasteiger partial charge in [-0.25, -0.2) is 8.42 Å². The Labute approximate surface area is 136 Å². The first-order valence-electron chi connectivity index (χ1n) is 7.26. The van der Waals surface area contributed by atoms with Crippen LogP contribution in [0.15, 0.2) is 34.1 Å². The Balaban J connectivity index is 2.59. The lowest BCUT2D eigenvalue weighted by atomic mass is 10.3. The monoisotopic (exact) mass is 340 g/mol. The SMILES string of the molecule is CCCCn1c(C)c(C)c(S(=O)(=O)c2ccc(Cl)cc2)c1N. The number of aromatic nitrogens is 1. The number of rotatable bonds is 5. The van der Waals surface area contributed by atoms with Crippen LogP contribution in [-0.4, -0.2) is 13.0 Å². The van der Waals surface area contributed by atoms with Crippen LogP contribution in [0.1, 0.15) is 31.0 Å². The fourth-order valence-electron chi connectivity index (χ4n) is 2.54. The van der Waals surface area contributed by atoms with Gasteiger partial charge in [-0.15, -0.1) is 0 Å². The average molecular weight is 341 g/mol. The molecule has 120 valence electrons. The summed E-state index contributed by atoms with van der Waals surface area (Å²) in [7, 11) is -3.65. The Morgan fingerprint density at radius 1 is 1.18 bits per heavy atom. The van der Waals surface area contributed by atoms with E-state index < -0.39 is 9.84 Å². The predicted molar refractivity (Wildman–Crippen MR) is 90.1 cm³/mol. The van der Waals surface area contributed by atoms with Gasteiger partial charge in [0.05, 0.1) is 4.90 Å². The van der Waals surface area contributed by atoms with E-state index in [0.717, 1.165) is 25.1 Å². The van der Waals surface area contributed by atoms with Gasteiger partial charge in [0.1, 0.15) is 10.7 Å². The molecule has 0 aliphatic rings. The van der Waals surface area contributed by atoms with Crippen molar-refractivity contribution >= 4 is 27.3 Å². The van der Waals surface area contributed by atoms with Gasteiger partial charge in [0.25, 0.3) is 0 Å². The number of anilines is 1. The number of nitrogens with zero attached hydrogens (tertiary/aromatic N) is 1. The third-order valence-corrected chi connectivity index (χ3v) is 6.14. The molecular formula is C16H21ClN2O2S. The van der Waals surface area contributed by atoms with Gasteiger partial charge in [-0.05, 0) is 50.1 Å². The number of halogens is 1. The number of nitrogens with two attached hydrogens (primary N) is 1. The smallest absolute Gasteiger partial charge is 0.210 e. The molecule has 0 unspecified atom stereocenters. The lowest BCUT2D eigenvalue weighted by molar-refractivity contribution is 0.595. The first-order chi connectivity index (χ1) is 10.3. The van der Waals surface area contributed by atoms with Crippen LogP contribution in [0.4, 0.5) is 5.82 Å². The van der Waals surface area contributed by atoms with E-state index >= 15 is 0 Å². The summed E-state index contributed by atoms with van der Waals surface area (Å²) in [5.74, 6) is 0.318. The molecule has 0 aliphatic heterocycles. The van der Waals surface area contributed by atoms with E-state index in [-0.39, 0.29) is 9.79 Å². The maximum atomic E-state index is 12.9. The quantitative estimate of drug-likeness (QED) is 0.895. The molecule has 0 atom stereocenters. The van der Waals surface area contributed by atoms with Gasteiger partial charge in [-0.2, -0.15) is 0 Å². The zero-order valence-corrected chi connectivity index (χ0v) is 14.6. The van der Waals surface area contributed by atoms with Gasteiger partial charge in [0.2, 0.25) is 9.84 Å². The Kier molecular flexibility index (Phi) is 4.87. The van der Waals surface area contributed by atoms with Crippen LogP contribution in [-0.2, 0) is 16.4 Å². The van der Waals surface area contributed by atoms with Crippen molar-refractivity contribution in [2.45, 2.75) is 49.9 Å². The molecule has 0 saturated carbocycles. The van der Waals surface area contributed by atoms with Crippen LogP contribution in [0.25, 0.3) is 0 Å². The van der Waals surface area contributed by atoms with Gasteiger partial charge in [-0.1, -0.05) is 24.9 Å². The minimum atomic E-state index is -3.65. The standard InChI is InChI=1S/C16H21ClN2O2S/c1-4-5-10-19-12(3)11(2)15(16(19)18)22(20,21)14-8-6-13(17)7-9-14/h6-9H,4-5,10,18H2,1-3H3. The minimum Gasteiger partial charge on any atom is -0.384 e. The molecule has 0 spiro atoms. The highest BCUT2D eigenvalue weighted by molar-refractivity contribution is 7.91. The fourth-order valence-corrected chi connectivity index (χ4v) is 4.33. The number of sulfone groups is 1. The lowest BCUT2D eigenvalue weighted by Crippen LogP contribution is -2.08. The number of unbranched alkanes of at least 4 members (excludes halogenated alkanes) is 1. The predicted octanol–water partition coefficient (Wildman–Crippen LogP) is 3.97. The van der Waals surface area contributed by atoms with Gasteiger partial charge >= 0.3 is 0 Å². The van der Waals surface area contributed by atoms with Crippen LogP contribution in [0.2, 0.25) is 5.02 Å². The highest BCUT2D eigenvalue weighted by atomic mass is 35.5. The molecule has 2 N–H and O–H groups in total. The van der Waals surface area contributed by atoms with Crippen molar-refractivity contribution in [2.75, 3.05) is 5.73 Å². The maximum Gasteiger partial charge on any atom is 0.210 e. The molecule has 1 aromatic carbocycles. The molecule has 0 radical (unpaired) electrons. The van der Waals surface area contributed by atoms with Crippen LogP contribution < -0.4 is 5.73 Å². The molecule has 2 rings (SSSR count). The lowest BCUT2D eigenvalue weighted by Gasteiger charge is -2.09. The zero-order chi connectivity index (χ0) is 16.5. The molecule has 2 aromatic rings.